The van der Waals surface area contributed by atoms with Crippen LogP contribution < -0.4 is 5.73 Å². The van der Waals surface area contributed by atoms with Crippen LogP contribution in [0.4, 0.5) is 5.69 Å². The summed E-state index contributed by atoms with van der Waals surface area (Å²) in [6.07, 6.45) is 1.95. The molecule has 37 heavy (non-hydrogen) atoms. The van der Waals surface area contributed by atoms with Gasteiger partial charge in [-0.1, -0.05) is 72.3 Å². The van der Waals surface area contributed by atoms with E-state index in [1.165, 1.54) is 0 Å². The number of benzene rings is 3. The molecule has 6 nitrogen and oxygen atoms in total. The van der Waals surface area contributed by atoms with Crippen LogP contribution in [0.3, 0.4) is 0 Å². The number of aryl methyl sites for hydroxylation is 1. The standard InChI is InChI=1S/C30H21ClN4O2/c1-18-24(17-35(34-18)22-10-6-3-7-11-22)23-16-25(19-12-14-21(31)15-13-19)33-30-26(23)27(32)29(37-30)28(36)20-8-4-2-5-9-20/h2-17H,32H2,1H3. The number of pyridine rings is 1. The van der Waals surface area contributed by atoms with Gasteiger partial charge in [-0.05, 0) is 37.3 Å². The number of ketones is 1. The molecular weight excluding hydrogens is 484 g/mol. The van der Waals surface area contributed by atoms with Gasteiger partial charge in [0.05, 0.1) is 28.1 Å². The lowest BCUT2D eigenvalue weighted by atomic mass is 9.99. The quantitative estimate of drug-likeness (QED) is 0.252. The Balaban J connectivity index is 1.59. The molecule has 3 heterocycles. The maximum atomic E-state index is 13.3. The van der Waals surface area contributed by atoms with E-state index >= 15 is 0 Å². The highest BCUT2D eigenvalue weighted by atomic mass is 35.5. The van der Waals surface area contributed by atoms with E-state index in [-0.39, 0.29) is 22.9 Å². The number of nitrogens with zero attached hydrogens (tertiary/aromatic N) is 3. The third-order valence-corrected chi connectivity index (χ3v) is 6.54. The smallest absolute Gasteiger partial charge is 0.230 e. The first kappa shape index (κ1) is 22.8. The van der Waals surface area contributed by atoms with Gasteiger partial charge >= 0.3 is 0 Å². The first-order valence-corrected chi connectivity index (χ1v) is 12.1. The van der Waals surface area contributed by atoms with Crippen molar-refractivity contribution in [2.75, 3.05) is 5.73 Å². The summed E-state index contributed by atoms with van der Waals surface area (Å²) in [4.78, 5) is 18.0. The Morgan fingerprint density at radius 3 is 2.30 bits per heavy atom. The zero-order valence-corrected chi connectivity index (χ0v) is 20.6. The Labute approximate surface area is 217 Å². The Kier molecular flexibility index (Phi) is 5.58. The molecule has 3 aromatic heterocycles. The number of nitrogens with two attached hydrogens (primary N) is 1. The van der Waals surface area contributed by atoms with Crippen molar-refractivity contribution in [1.29, 1.82) is 0 Å². The molecule has 0 radical (unpaired) electrons. The first-order chi connectivity index (χ1) is 18.0. The lowest BCUT2D eigenvalue weighted by Crippen LogP contribution is -2.02. The number of furan rings is 1. The van der Waals surface area contributed by atoms with E-state index in [1.807, 2.05) is 84.5 Å². The van der Waals surface area contributed by atoms with E-state index in [1.54, 1.807) is 24.3 Å². The van der Waals surface area contributed by atoms with Gasteiger partial charge in [0.2, 0.25) is 17.3 Å². The normalized spacial score (nSPS) is 11.2. The molecule has 0 spiro atoms. The summed E-state index contributed by atoms with van der Waals surface area (Å²) >= 11 is 6.12. The highest BCUT2D eigenvalue weighted by Crippen LogP contribution is 2.40. The molecule has 180 valence electrons. The molecule has 0 aliphatic carbocycles. The molecule has 0 fully saturated rings. The maximum Gasteiger partial charge on any atom is 0.230 e. The number of fused-ring (bicyclic) bond motifs is 1. The van der Waals surface area contributed by atoms with Crippen LogP contribution in [0.5, 0.6) is 0 Å². The highest BCUT2D eigenvalue weighted by molar-refractivity contribution is 6.30. The molecule has 0 atom stereocenters. The summed E-state index contributed by atoms with van der Waals surface area (Å²) in [5.41, 5.74) is 12.5. The number of nitrogen functional groups attached to an aromatic ring is 1. The minimum Gasteiger partial charge on any atom is -0.432 e. The minimum atomic E-state index is -0.299. The summed E-state index contributed by atoms with van der Waals surface area (Å²) in [6, 6.07) is 28.1. The van der Waals surface area contributed by atoms with Gasteiger partial charge in [0.1, 0.15) is 0 Å². The van der Waals surface area contributed by atoms with Crippen molar-refractivity contribution in [1.82, 2.24) is 14.8 Å². The fraction of sp³-hybridized carbons (Fsp3) is 0.0333. The maximum absolute atomic E-state index is 13.3. The van der Waals surface area contributed by atoms with Crippen molar-refractivity contribution in [2.45, 2.75) is 6.92 Å². The first-order valence-electron chi connectivity index (χ1n) is 11.7. The van der Waals surface area contributed by atoms with Gasteiger partial charge in [0.25, 0.3) is 0 Å². The van der Waals surface area contributed by atoms with E-state index in [0.717, 1.165) is 28.1 Å². The van der Waals surface area contributed by atoms with Crippen LogP contribution in [0.2, 0.25) is 5.02 Å². The molecule has 0 aliphatic rings. The number of para-hydroxylation sites is 1. The minimum absolute atomic E-state index is 0.0660. The Hall–Kier alpha value is -4.68. The number of carbonyl (C=O) groups is 1. The molecule has 0 aliphatic heterocycles. The van der Waals surface area contributed by atoms with Crippen LogP contribution >= 0.6 is 11.6 Å². The number of halogens is 1. The molecule has 3 aromatic carbocycles. The summed E-state index contributed by atoms with van der Waals surface area (Å²) in [5, 5.41) is 5.94. The van der Waals surface area contributed by atoms with Crippen LogP contribution in [-0.2, 0) is 0 Å². The average molecular weight is 505 g/mol. The number of aromatic nitrogens is 3. The summed E-state index contributed by atoms with van der Waals surface area (Å²) in [7, 11) is 0. The third kappa shape index (κ3) is 4.07. The number of anilines is 1. The van der Waals surface area contributed by atoms with E-state index < -0.39 is 0 Å². The molecule has 6 rings (SSSR count). The van der Waals surface area contributed by atoms with Gasteiger partial charge in [-0.2, -0.15) is 5.10 Å². The summed E-state index contributed by atoms with van der Waals surface area (Å²) in [6.45, 7) is 1.94. The zero-order valence-electron chi connectivity index (χ0n) is 19.9. The van der Waals surface area contributed by atoms with Gasteiger partial charge in [0.15, 0.2) is 0 Å². The topological polar surface area (TPSA) is 86.9 Å². The molecule has 7 heteroatoms. The van der Waals surface area contributed by atoms with Crippen LogP contribution in [0.15, 0.2) is 102 Å². The zero-order chi connectivity index (χ0) is 25.5. The Morgan fingerprint density at radius 2 is 1.59 bits per heavy atom. The lowest BCUT2D eigenvalue weighted by Gasteiger charge is -2.07. The van der Waals surface area contributed by atoms with Gasteiger partial charge in [-0.25, -0.2) is 9.67 Å². The van der Waals surface area contributed by atoms with Gasteiger partial charge in [-0.3, -0.25) is 4.79 Å². The van der Waals surface area contributed by atoms with Crippen molar-refractivity contribution in [3.8, 4) is 28.1 Å². The van der Waals surface area contributed by atoms with Crippen LogP contribution in [-0.4, -0.2) is 20.5 Å². The SMILES string of the molecule is Cc1nn(-c2ccccc2)cc1-c1cc(-c2ccc(Cl)cc2)nc2oc(C(=O)c3ccccc3)c(N)c12. The van der Waals surface area contributed by atoms with Crippen molar-refractivity contribution in [3.63, 3.8) is 0 Å². The van der Waals surface area contributed by atoms with E-state index in [4.69, 9.17) is 31.8 Å². The number of hydrogen-bond donors (Lipinski definition) is 1. The fourth-order valence-corrected chi connectivity index (χ4v) is 4.55. The molecule has 2 N–H and O–H groups in total. The molecule has 0 saturated heterocycles. The second-order valence-corrected chi connectivity index (χ2v) is 9.13. The van der Waals surface area contributed by atoms with E-state index in [9.17, 15) is 4.79 Å². The Morgan fingerprint density at radius 1 is 0.919 bits per heavy atom. The summed E-state index contributed by atoms with van der Waals surface area (Å²) in [5.74, 6) is -0.233. The number of rotatable bonds is 5. The highest BCUT2D eigenvalue weighted by Gasteiger charge is 2.25. The molecule has 0 bridgehead atoms. The average Bonchev–Trinajstić information content (AvgIpc) is 3.49. The largest absolute Gasteiger partial charge is 0.432 e. The van der Waals surface area contributed by atoms with Crippen molar-refractivity contribution in [3.05, 3.63) is 119 Å². The second-order valence-electron chi connectivity index (χ2n) is 8.69. The lowest BCUT2D eigenvalue weighted by molar-refractivity contribution is 0.101. The number of hydrogen-bond acceptors (Lipinski definition) is 5. The van der Waals surface area contributed by atoms with Gasteiger partial charge in [-0.15, -0.1) is 0 Å². The fourth-order valence-electron chi connectivity index (χ4n) is 4.43. The van der Waals surface area contributed by atoms with Crippen LogP contribution in [0.1, 0.15) is 21.8 Å². The van der Waals surface area contributed by atoms with Gasteiger partial charge in [0, 0.05) is 33.5 Å². The molecule has 0 amide bonds. The van der Waals surface area contributed by atoms with Gasteiger partial charge < -0.3 is 10.2 Å². The monoisotopic (exact) mass is 504 g/mol. The van der Waals surface area contributed by atoms with E-state index in [0.29, 0.717) is 21.7 Å². The van der Waals surface area contributed by atoms with Crippen LogP contribution in [0, 0.1) is 6.92 Å². The molecule has 0 saturated carbocycles. The second kappa shape index (κ2) is 9.08. The van der Waals surface area contributed by atoms with Crippen molar-refractivity contribution < 1.29 is 9.21 Å². The van der Waals surface area contributed by atoms with Crippen molar-refractivity contribution >= 4 is 34.2 Å². The molecule has 6 aromatic rings. The van der Waals surface area contributed by atoms with E-state index in [2.05, 4.69) is 0 Å². The predicted molar refractivity (Wildman–Crippen MR) is 146 cm³/mol. The molecular formula is C30H21ClN4O2. The predicted octanol–water partition coefficient (Wildman–Crippen LogP) is 7.12. The molecule has 0 unspecified atom stereocenters. The summed E-state index contributed by atoms with van der Waals surface area (Å²) < 4.78 is 7.88. The number of carbonyl (C=O) groups excluding carboxylic acids is 1. The van der Waals surface area contributed by atoms with Crippen LogP contribution in [0.25, 0.3) is 39.2 Å². The van der Waals surface area contributed by atoms with Crippen molar-refractivity contribution in [2.24, 2.45) is 0 Å². The Bertz CT molecular complexity index is 1760. The third-order valence-electron chi connectivity index (χ3n) is 6.29.